The average molecular weight is 436 g/mol. The summed E-state index contributed by atoms with van der Waals surface area (Å²) in [7, 11) is 0. The standard InChI is InChI=1S/C22H14ClN3O3S/c23-15-4-6-16(7-5-15)26-21(29)17(19(27)24-22(26)30)11-14-10-13-3-1-2-12-8-9-25(18(12)13)20(14)28/h1-7,10-11H,8-9H2,(H,24,27,30)/b17-11+. The van der Waals surface area contributed by atoms with Crippen molar-refractivity contribution >= 4 is 63.4 Å². The second kappa shape index (κ2) is 6.90. The van der Waals surface area contributed by atoms with Crippen molar-refractivity contribution in [2.75, 3.05) is 4.90 Å². The van der Waals surface area contributed by atoms with Crippen LogP contribution in [0.4, 0.5) is 5.69 Å². The van der Waals surface area contributed by atoms with Crippen LogP contribution >= 0.6 is 23.8 Å². The number of halogens is 1. The fourth-order valence-electron chi connectivity index (χ4n) is 3.93. The first-order valence-corrected chi connectivity index (χ1v) is 10.0. The number of hydrogen-bond acceptors (Lipinski definition) is 4. The Hall–Kier alpha value is -3.29. The monoisotopic (exact) mass is 435 g/mol. The molecule has 3 heterocycles. The lowest BCUT2D eigenvalue weighted by Crippen LogP contribution is -2.54. The molecule has 0 unspecified atom stereocenters. The van der Waals surface area contributed by atoms with E-state index in [0.717, 1.165) is 22.9 Å². The number of nitrogens with zero attached hydrogens (tertiary/aromatic N) is 2. The summed E-state index contributed by atoms with van der Waals surface area (Å²) in [6.07, 6.45) is 2.13. The van der Waals surface area contributed by atoms with Crippen LogP contribution in [-0.4, -0.2) is 21.5 Å². The number of anilines is 1. The van der Waals surface area contributed by atoms with Crippen LogP contribution in [-0.2, 0) is 22.6 Å². The maximum absolute atomic E-state index is 13.1. The number of benzene rings is 2. The number of para-hydroxylation sites is 1. The molecular weight excluding hydrogens is 422 g/mol. The highest BCUT2D eigenvalue weighted by Gasteiger charge is 2.34. The third-order valence-corrected chi connectivity index (χ3v) is 5.85. The van der Waals surface area contributed by atoms with E-state index in [0.29, 0.717) is 17.3 Å². The number of nitrogens with one attached hydrogen (secondary N) is 1. The van der Waals surface area contributed by atoms with Crippen molar-refractivity contribution in [3.05, 3.63) is 80.6 Å². The van der Waals surface area contributed by atoms with Gasteiger partial charge in [0, 0.05) is 17.1 Å². The summed E-state index contributed by atoms with van der Waals surface area (Å²) in [6, 6.07) is 14.1. The van der Waals surface area contributed by atoms with Crippen molar-refractivity contribution in [1.29, 1.82) is 0 Å². The molecule has 6 nitrogen and oxygen atoms in total. The fraction of sp³-hybridized carbons (Fsp3) is 0.0909. The van der Waals surface area contributed by atoms with Crippen LogP contribution in [0.3, 0.4) is 0 Å². The SMILES string of the molecule is O=C1NC(=S)N(c2ccc(Cl)cc2)C(=O)/C1=C/c1cc2cccc3c2n(c1=O)CC3. The molecule has 2 amide bonds. The zero-order chi connectivity index (χ0) is 21.0. The zero-order valence-electron chi connectivity index (χ0n) is 15.5. The highest BCUT2D eigenvalue weighted by Crippen LogP contribution is 2.26. The quantitative estimate of drug-likeness (QED) is 0.381. The number of amides is 2. The summed E-state index contributed by atoms with van der Waals surface area (Å²) in [4.78, 5) is 39.9. The van der Waals surface area contributed by atoms with E-state index in [1.165, 1.54) is 11.0 Å². The second-order valence-corrected chi connectivity index (χ2v) is 7.92. The first-order chi connectivity index (χ1) is 14.4. The molecule has 1 fully saturated rings. The molecule has 0 spiro atoms. The molecule has 0 bridgehead atoms. The Labute approximate surface area is 181 Å². The summed E-state index contributed by atoms with van der Waals surface area (Å²) < 4.78 is 1.70. The van der Waals surface area contributed by atoms with Crippen LogP contribution in [0.15, 0.2) is 58.9 Å². The molecule has 0 aliphatic carbocycles. The van der Waals surface area contributed by atoms with Crippen molar-refractivity contribution < 1.29 is 9.59 Å². The lowest BCUT2D eigenvalue weighted by Gasteiger charge is -2.28. The minimum atomic E-state index is -0.634. The van der Waals surface area contributed by atoms with E-state index in [1.54, 1.807) is 34.9 Å². The van der Waals surface area contributed by atoms with E-state index in [9.17, 15) is 14.4 Å². The highest BCUT2D eigenvalue weighted by molar-refractivity contribution is 7.80. The Morgan fingerprint density at radius 2 is 1.83 bits per heavy atom. The van der Waals surface area contributed by atoms with Gasteiger partial charge in [0.2, 0.25) is 0 Å². The number of aromatic nitrogens is 1. The molecule has 30 heavy (non-hydrogen) atoms. The van der Waals surface area contributed by atoms with E-state index in [4.69, 9.17) is 23.8 Å². The second-order valence-electron chi connectivity index (χ2n) is 7.10. The first-order valence-electron chi connectivity index (χ1n) is 9.26. The molecule has 1 saturated heterocycles. The summed E-state index contributed by atoms with van der Waals surface area (Å²) >= 11 is 11.1. The predicted molar refractivity (Wildman–Crippen MR) is 120 cm³/mol. The summed E-state index contributed by atoms with van der Waals surface area (Å²) in [6.45, 7) is 0.576. The lowest BCUT2D eigenvalue weighted by atomic mass is 10.0. The molecule has 1 N–H and O–H groups in total. The Kier molecular flexibility index (Phi) is 4.30. The van der Waals surface area contributed by atoms with Gasteiger partial charge in [-0.2, -0.15) is 0 Å². The Balaban J connectivity index is 1.63. The van der Waals surface area contributed by atoms with Crippen molar-refractivity contribution in [2.24, 2.45) is 0 Å². The molecule has 148 valence electrons. The molecule has 0 radical (unpaired) electrons. The van der Waals surface area contributed by atoms with E-state index in [-0.39, 0.29) is 21.8 Å². The van der Waals surface area contributed by atoms with Gasteiger partial charge < -0.3 is 4.57 Å². The van der Waals surface area contributed by atoms with Gasteiger partial charge in [-0.15, -0.1) is 0 Å². The highest BCUT2D eigenvalue weighted by atomic mass is 35.5. The normalized spacial score (nSPS) is 17.2. The van der Waals surface area contributed by atoms with E-state index in [2.05, 4.69) is 5.32 Å². The minimum Gasteiger partial charge on any atom is -0.307 e. The van der Waals surface area contributed by atoms with E-state index < -0.39 is 11.8 Å². The Morgan fingerprint density at radius 3 is 2.60 bits per heavy atom. The molecule has 0 atom stereocenters. The van der Waals surface area contributed by atoms with Crippen LogP contribution < -0.4 is 15.8 Å². The maximum atomic E-state index is 13.1. The number of rotatable bonds is 2. The molecule has 2 aliphatic rings. The van der Waals surface area contributed by atoms with Crippen molar-refractivity contribution in [1.82, 2.24) is 9.88 Å². The average Bonchev–Trinajstić information content (AvgIpc) is 3.16. The van der Waals surface area contributed by atoms with Crippen molar-refractivity contribution in [3.63, 3.8) is 0 Å². The maximum Gasteiger partial charge on any atom is 0.270 e. The van der Waals surface area contributed by atoms with Gasteiger partial charge in [0.15, 0.2) is 5.11 Å². The van der Waals surface area contributed by atoms with Gasteiger partial charge >= 0.3 is 0 Å². The summed E-state index contributed by atoms with van der Waals surface area (Å²) in [5.74, 6) is -1.23. The molecule has 2 aromatic carbocycles. The van der Waals surface area contributed by atoms with Gasteiger partial charge in [-0.25, -0.2) is 0 Å². The lowest BCUT2D eigenvalue weighted by molar-refractivity contribution is -0.122. The predicted octanol–water partition coefficient (Wildman–Crippen LogP) is 3.04. The largest absolute Gasteiger partial charge is 0.307 e. The molecule has 2 aliphatic heterocycles. The molecular formula is C22H14ClN3O3S. The fourth-order valence-corrected chi connectivity index (χ4v) is 4.34. The van der Waals surface area contributed by atoms with Crippen molar-refractivity contribution in [2.45, 2.75) is 13.0 Å². The smallest absolute Gasteiger partial charge is 0.270 e. The van der Waals surface area contributed by atoms with E-state index >= 15 is 0 Å². The van der Waals surface area contributed by atoms with Crippen LogP contribution in [0.1, 0.15) is 11.1 Å². The van der Waals surface area contributed by atoms with Crippen LogP contribution in [0.25, 0.3) is 17.0 Å². The number of pyridine rings is 1. The zero-order valence-corrected chi connectivity index (χ0v) is 17.1. The van der Waals surface area contributed by atoms with Crippen LogP contribution in [0.5, 0.6) is 0 Å². The molecule has 8 heteroatoms. The van der Waals surface area contributed by atoms with Gasteiger partial charge in [-0.1, -0.05) is 29.8 Å². The van der Waals surface area contributed by atoms with Crippen molar-refractivity contribution in [3.8, 4) is 0 Å². The number of carbonyl (C=O) groups excluding carboxylic acids is 2. The van der Waals surface area contributed by atoms with Gasteiger partial charge in [-0.3, -0.25) is 24.6 Å². The molecule has 1 aromatic heterocycles. The summed E-state index contributed by atoms with van der Waals surface area (Å²) in [5.41, 5.74) is 2.40. The number of thiocarbonyl (C=S) groups is 1. The van der Waals surface area contributed by atoms with Gasteiger partial charge in [-0.05, 0) is 66.0 Å². The topological polar surface area (TPSA) is 71.4 Å². The number of hydrogen-bond donors (Lipinski definition) is 1. The van der Waals surface area contributed by atoms with Gasteiger partial charge in [0.25, 0.3) is 17.4 Å². The Bertz CT molecular complexity index is 1360. The van der Waals surface area contributed by atoms with E-state index in [1.807, 2.05) is 18.2 Å². The first kappa shape index (κ1) is 18.7. The molecule has 5 rings (SSSR count). The summed E-state index contributed by atoms with van der Waals surface area (Å²) in [5, 5.41) is 3.90. The van der Waals surface area contributed by atoms with Gasteiger partial charge in [0.05, 0.1) is 11.2 Å². The third kappa shape index (κ3) is 2.86. The van der Waals surface area contributed by atoms with Crippen LogP contribution in [0.2, 0.25) is 5.02 Å². The van der Waals surface area contributed by atoms with Crippen LogP contribution in [0, 0.1) is 0 Å². The minimum absolute atomic E-state index is 0.0250. The number of aryl methyl sites for hydroxylation is 2. The number of carbonyl (C=O) groups is 2. The van der Waals surface area contributed by atoms with Gasteiger partial charge in [0.1, 0.15) is 5.57 Å². The Morgan fingerprint density at radius 1 is 1.07 bits per heavy atom. The molecule has 3 aromatic rings. The molecule has 0 saturated carbocycles. The third-order valence-electron chi connectivity index (χ3n) is 5.31.